The summed E-state index contributed by atoms with van der Waals surface area (Å²) in [6.45, 7) is 10.1. The third kappa shape index (κ3) is 11.5. The van der Waals surface area contributed by atoms with E-state index in [-0.39, 0.29) is 30.0 Å². The zero-order valence-electron chi connectivity index (χ0n) is 36.9. The van der Waals surface area contributed by atoms with Crippen LogP contribution < -0.4 is 20.3 Å². The number of anilines is 1. The number of rotatable bonds is 17. The number of piperazine rings is 1. The van der Waals surface area contributed by atoms with Crippen LogP contribution in [0, 0.1) is 5.92 Å². The topological polar surface area (TPSA) is 174 Å². The molecule has 3 aromatic rings. The van der Waals surface area contributed by atoms with Gasteiger partial charge in [-0.05, 0) is 106 Å². The van der Waals surface area contributed by atoms with Crippen molar-refractivity contribution in [3.8, 4) is 5.75 Å². The van der Waals surface area contributed by atoms with Crippen molar-refractivity contribution in [2.24, 2.45) is 5.92 Å². The highest BCUT2D eigenvalue weighted by Gasteiger charge is 2.40. The molecule has 64 heavy (non-hydrogen) atoms. The Bertz CT molecular complexity index is 2110. The molecule has 4 saturated heterocycles. The average Bonchev–Trinajstić information content (AvgIpc) is 3.67. The predicted molar refractivity (Wildman–Crippen MR) is 241 cm³/mol. The van der Waals surface area contributed by atoms with Crippen LogP contribution in [0.2, 0.25) is 0 Å². The molecule has 16 nitrogen and oxygen atoms in total. The van der Waals surface area contributed by atoms with Crippen molar-refractivity contribution in [1.82, 2.24) is 45.4 Å². The number of benzene rings is 1. The van der Waals surface area contributed by atoms with Crippen molar-refractivity contribution in [1.29, 1.82) is 0 Å². The summed E-state index contributed by atoms with van der Waals surface area (Å²) in [4.78, 5) is 77.6. The molecule has 7 heterocycles. The maximum atomic E-state index is 13.3. The third-order valence-electron chi connectivity index (χ3n) is 13.6. The van der Waals surface area contributed by atoms with Gasteiger partial charge in [-0.3, -0.25) is 39.2 Å². The van der Waals surface area contributed by atoms with E-state index in [1.807, 2.05) is 41.3 Å². The normalized spacial score (nSPS) is 20.5. The molecule has 2 aromatic heterocycles. The number of unbranched alkanes of at least 4 members (excludes halogenated alkanes) is 2. The van der Waals surface area contributed by atoms with Crippen LogP contribution in [-0.2, 0) is 20.9 Å². The number of nitrogens with zero attached hydrogens (tertiary/aromatic N) is 8. The lowest BCUT2D eigenvalue weighted by atomic mass is 9.91. The van der Waals surface area contributed by atoms with Crippen molar-refractivity contribution in [3.05, 3.63) is 83.3 Å². The van der Waals surface area contributed by atoms with Gasteiger partial charge < -0.3 is 29.7 Å². The average molecular weight is 875 g/mol. The summed E-state index contributed by atoms with van der Waals surface area (Å²) in [5, 5.41) is 14.2. The molecule has 5 amide bonds. The fourth-order valence-corrected chi connectivity index (χ4v) is 9.79. The van der Waals surface area contributed by atoms with Gasteiger partial charge >= 0.3 is 0 Å². The van der Waals surface area contributed by atoms with Gasteiger partial charge in [0.2, 0.25) is 17.7 Å². The van der Waals surface area contributed by atoms with Gasteiger partial charge in [-0.15, -0.1) is 10.2 Å². The first kappa shape index (κ1) is 44.9. The summed E-state index contributed by atoms with van der Waals surface area (Å²) in [6.07, 6.45) is 16.5. The van der Waals surface area contributed by atoms with E-state index in [1.54, 1.807) is 35.5 Å². The molecule has 0 radical (unpaired) electrons. The molecular formula is C48H62N10O6. The van der Waals surface area contributed by atoms with Crippen molar-refractivity contribution in [2.75, 3.05) is 77.0 Å². The lowest BCUT2D eigenvalue weighted by Gasteiger charge is -2.43. The molecule has 16 heteroatoms. The molecule has 1 unspecified atom stereocenters. The smallest absolute Gasteiger partial charge is 0.274 e. The van der Waals surface area contributed by atoms with E-state index in [0.717, 1.165) is 134 Å². The van der Waals surface area contributed by atoms with E-state index in [9.17, 15) is 24.0 Å². The van der Waals surface area contributed by atoms with E-state index in [0.29, 0.717) is 55.1 Å². The molecule has 5 aliphatic heterocycles. The first-order valence-electron chi connectivity index (χ1n) is 23.4. The Kier molecular flexibility index (Phi) is 15.3. The number of piperidine rings is 3. The SMILES string of the molecule is O=C(/C=C/c1cccnc1)NCCCCC1CCN(C(=O)c2ccc(N3CCC(N4CCN(CCCCOc5cccc6c5CN(C5CCC(=O)NC5=O)C6=O)CC4)CC3)nn2)CC1. The second-order valence-corrected chi connectivity index (χ2v) is 17.8. The Hall–Kier alpha value is -5.74. The first-order chi connectivity index (χ1) is 31.3. The van der Waals surface area contributed by atoms with Gasteiger partial charge in [-0.1, -0.05) is 25.0 Å². The van der Waals surface area contributed by atoms with Crippen LogP contribution in [-0.4, -0.2) is 148 Å². The van der Waals surface area contributed by atoms with Crippen molar-refractivity contribution < 1.29 is 28.7 Å². The zero-order valence-corrected chi connectivity index (χ0v) is 36.9. The Morgan fingerprint density at radius 1 is 0.844 bits per heavy atom. The number of carbonyl (C=O) groups is 5. The minimum absolute atomic E-state index is 0.0406. The Balaban J connectivity index is 0.670. The van der Waals surface area contributed by atoms with Crippen LogP contribution in [0.5, 0.6) is 5.75 Å². The second kappa shape index (κ2) is 21.8. The maximum Gasteiger partial charge on any atom is 0.274 e. The number of nitrogens with one attached hydrogen (secondary N) is 2. The van der Waals surface area contributed by atoms with E-state index < -0.39 is 11.9 Å². The molecule has 4 fully saturated rings. The van der Waals surface area contributed by atoms with Crippen molar-refractivity contribution in [2.45, 2.75) is 89.3 Å². The number of carbonyl (C=O) groups excluding carboxylic acids is 5. The summed E-state index contributed by atoms with van der Waals surface area (Å²) in [5.41, 5.74) is 2.69. The number of pyridine rings is 1. The number of likely N-dealkylation sites (tertiary alicyclic amines) is 1. The summed E-state index contributed by atoms with van der Waals surface area (Å²) in [5.74, 6) is 1.10. The highest BCUT2D eigenvalue weighted by molar-refractivity contribution is 6.05. The molecule has 1 atom stereocenters. The summed E-state index contributed by atoms with van der Waals surface area (Å²) < 4.78 is 6.18. The van der Waals surface area contributed by atoms with Gasteiger partial charge in [0.15, 0.2) is 11.5 Å². The van der Waals surface area contributed by atoms with Crippen LogP contribution in [0.4, 0.5) is 5.82 Å². The second-order valence-electron chi connectivity index (χ2n) is 17.8. The van der Waals surface area contributed by atoms with E-state index in [1.165, 1.54) is 0 Å². The molecule has 0 aliphatic carbocycles. The highest BCUT2D eigenvalue weighted by Crippen LogP contribution is 2.34. The molecule has 1 aromatic carbocycles. The number of ether oxygens (including phenoxy) is 1. The standard InChI is InChI=1S/C48H62N10O6/c59-44(15-11-36-8-6-21-49-33-36)50-22-2-1-7-35-17-24-57(25-18-35)48(63)40-12-14-43(53-52-40)56-26-19-37(20-27-56)55-30-28-54(29-31-55)23-3-4-32-64-42-10-5-9-38-39(42)34-58(47(38)62)41-13-16-45(60)51-46(41)61/h5-6,8-12,14-15,21,33,35,37,41H,1-4,7,13,16-20,22-32,34H2,(H,50,59)(H,51,60,61)/b15-11+. The zero-order chi connectivity index (χ0) is 44.3. The predicted octanol–water partition coefficient (Wildman–Crippen LogP) is 3.93. The van der Waals surface area contributed by atoms with E-state index in [4.69, 9.17) is 4.74 Å². The van der Waals surface area contributed by atoms with Gasteiger partial charge in [-0.2, -0.15) is 0 Å². The molecule has 340 valence electrons. The van der Waals surface area contributed by atoms with Crippen LogP contribution in [0.3, 0.4) is 0 Å². The minimum Gasteiger partial charge on any atom is -0.493 e. The lowest BCUT2D eigenvalue weighted by Crippen LogP contribution is -2.53. The van der Waals surface area contributed by atoms with E-state index >= 15 is 0 Å². The first-order valence-corrected chi connectivity index (χ1v) is 23.4. The molecule has 5 aliphatic rings. The fourth-order valence-electron chi connectivity index (χ4n) is 9.79. The minimum atomic E-state index is -0.637. The van der Waals surface area contributed by atoms with Crippen molar-refractivity contribution in [3.63, 3.8) is 0 Å². The van der Waals surface area contributed by atoms with Crippen LogP contribution >= 0.6 is 0 Å². The summed E-state index contributed by atoms with van der Waals surface area (Å²) in [7, 11) is 0. The monoisotopic (exact) mass is 874 g/mol. The number of amides is 5. The molecule has 0 bridgehead atoms. The van der Waals surface area contributed by atoms with Crippen LogP contribution in [0.1, 0.15) is 103 Å². The van der Waals surface area contributed by atoms with Crippen LogP contribution in [0.15, 0.2) is 60.9 Å². The van der Waals surface area contributed by atoms with Gasteiger partial charge in [0.1, 0.15) is 11.8 Å². The Morgan fingerprint density at radius 2 is 1.67 bits per heavy atom. The molecular weight excluding hydrogens is 813 g/mol. The highest BCUT2D eigenvalue weighted by atomic mass is 16.5. The number of hydrogen-bond acceptors (Lipinski definition) is 12. The summed E-state index contributed by atoms with van der Waals surface area (Å²) in [6, 6.07) is 13.0. The number of aromatic nitrogens is 3. The molecule has 8 rings (SSSR count). The van der Waals surface area contributed by atoms with Gasteiger partial charge in [-0.25, -0.2) is 0 Å². The maximum absolute atomic E-state index is 13.3. The Morgan fingerprint density at radius 3 is 2.42 bits per heavy atom. The quantitative estimate of drug-likeness (QED) is 0.114. The molecule has 0 spiro atoms. The summed E-state index contributed by atoms with van der Waals surface area (Å²) >= 11 is 0. The lowest BCUT2D eigenvalue weighted by molar-refractivity contribution is -0.137. The fraction of sp³-hybridized carbons (Fsp3) is 0.542. The number of fused-ring (bicyclic) bond motifs is 1. The van der Waals surface area contributed by atoms with Crippen LogP contribution in [0.25, 0.3) is 6.08 Å². The van der Waals surface area contributed by atoms with Gasteiger partial charge in [0.05, 0.1) is 13.2 Å². The Labute approximate surface area is 375 Å². The number of imide groups is 1. The van der Waals surface area contributed by atoms with Gasteiger partial charge in [0, 0.05) is 101 Å². The largest absolute Gasteiger partial charge is 0.493 e. The van der Waals surface area contributed by atoms with E-state index in [2.05, 4.69) is 40.5 Å². The number of hydrogen-bond donors (Lipinski definition) is 2. The molecule has 2 N–H and O–H groups in total. The van der Waals surface area contributed by atoms with Crippen molar-refractivity contribution >= 4 is 41.4 Å². The van der Waals surface area contributed by atoms with Gasteiger partial charge in [0.25, 0.3) is 11.8 Å². The molecule has 0 saturated carbocycles. The third-order valence-corrected chi connectivity index (χ3v) is 13.6.